The van der Waals surface area contributed by atoms with E-state index >= 15 is 0 Å². The van der Waals surface area contributed by atoms with Crippen LogP contribution in [0.3, 0.4) is 0 Å². The molecule has 1 aromatic carbocycles. The van der Waals surface area contributed by atoms with Crippen LogP contribution >= 0.6 is 0 Å². The number of aryl methyl sites for hydroxylation is 1. The van der Waals surface area contributed by atoms with E-state index in [1.165, 1.54) is 21.6 Å². The maximum absolute atomic E-state index is 13.3. The Kier molecular flexibility index (Phi) is 3.98. The average Bonchev–Trinajstić information content (AvgIpc) is 2.92. The van der Waals surface area contributed by atoms with Crippen LogP contribution in [0.1, 0.15) is 56.2 Å². The number of carbonyl (C=O) groups is 2. The first-order valence-corrected chi connectivity index (χ1v) is 11.0. The van der Waals surface area contributed by atoms with Crippen molar-refractivity contribution >= 4 is 11.9 Å². The molecule has 3 fully saturated rings. The van der Waals surface area contributed by atoms with Gasteiger partial charge in [-0.15, -0.1) is 0 Å². The topological polar surface area (TPSA) is 72.9 Å². The van der Waals surface area contributed by atoms with Gasteiger partial charge in [0.25, 0.3) is 5.91 Å². The summed E-state index contributed by atoms with van der Waals surface area (Å²) in [5, 5.41) is 15.3. The van der Waals surface area contributed by atoms with E-state index in [0.29, 0.717) is 25.8 Å². The molecule has 5 rings (SSSR count). The number of fused-ring (bicyclic) bond motifs is 1. The standard InChI is InChI=1S/C23H31N3O3/c1-4-25-11-10-21-14-22(19(27)26(5-2)20(28)24-22)8-9-23(21,29)18(25)13-16-7-6-15(3)12-17(16)21/h6-7,12,18,29H,4-5,8-11,13-14H2,1-3H3,(H,24,28)/t18-,21-,22+,23-/m1/s1. The first kappa shape index (κ1) is 19.1. The number of imide groups is 1. The number of amides is 3. The summed E-state index contributed by atoms with van der Waals surface area (Å²) in [6, 6.07) is 6.33. The SMILES string of the molecule is CCN1C(=O)N[C@]2(CC[C@@]3(O)[C@H]4Cc5ccc(C)cc5[C@@]3(CCN4CC)C2)C1=O. The van der Waals surface area contributed by atoms with Gasteiger partial charge in [-0.3, -0.25) is 14.6 Å². The molecule has 6 nitrogen and oxygen atoms in total. The Bertz CT molecular complexity index is 901. The molecule has 29 heavy (non-hydrogen) atoms. The number of likely N-dealkylation sites (tertiary alicyclic amines) is 1. The smallest absolute Gasteiger partial charge is 0.325 e. The number of rotatable bonds is 2. The van der Waals surface area contributed by atoms with Crippen molar-refractivity contribution in [2.45, 2.75) is 75.5 Å². The highest BCUT2D eigenvalue weighted by Crippen LogP contribution is 2.60. The molecule has 3 amide bonds. The molecule has 2 heterocycles. The van der Waals surface area contributed by atoms with Crippen LogP contribution in [-0.2, 0) is 16.6 Å². The minimum Gasteiger partial charge on any atom is -0.387 e. The molecule has 2 saturated heterocycles. The monoisotopic (exact) mass is 397 g/mol. The quantitative estimate of drug-likeness (QED) is 0.750. The van der Waals surface area contributed by atoms with E-state index < -0.39 is 16.6 Å². The molecule has 2 bridgehead atoms. The molecular formula is C23H31N3O3. The Morgan fingerprint density at radius 1 is 1.17 bits per heavy atom. The number of nitrogens with one attached hydrogen (secondary N) is 1. The highest BCUT2D eigenvalue weighted by molar-refractivity contribution is 6.07. The summed E-state index contributed by atoms with van der Waals surface area (Å²) in [5.41, 5.74) is 1.38. The molecule has 4 atom stereocenters. The average molecular weight is 398 g/mol. The largest absolute Gasteiger partial charge is 0.387 e. The van der Waals surface area contributed by atoms with Crippen molar-refractivity contribution < 1.29 is 14.7 Å². The predicted octanol–water partition coefficient (Wildman–Crippen LogP) is 2.11. The fourth-order valence-electron chi connectivity index (χ4n) is 6.90. The lowest BCUT2D eigenvalue weighted by Gasteiger charge is -2.65. The Morgan fingerprint density at radius 3 is 2.66 bits per heavy atom. The number of hydrogen-bond donors (Lipinski definition) is 2. The molecule has 1 saturated carbocycles. The Labute approximate surface area is 172 Å². The maximum Gasteiger partial charge on any atom is 0.325 e. The molecule has 1 aromatic rings. The van der Waals surface area contributed by atoms with E-state index in [0.717, 1.165) is 25.9 Å². The predicted molar refractivity (Wildman–Crippen MR) is 110 cm³/mol. The molecular weight excluding hydrogens is 366 g/mol. The van der Waals surface area contributed by atoms with Gasteiger partial charge in [0, 0.05) is 18.0 Å². The fourth-order valence-corrected chi connectivity index (χ4v) is 6.90. The van der Waals surface area contributed by atoms with E-state index in [9.17, 15) is 14.7 Å². The van der Waals surface area contributed by atoms with E-state index in [1.807, 2.05) is 6.92 Å². The minimum atomic E-state index is -0.892. The molecule has 0 unspecified atom stereocenters. The zero-order chi connectivity index (χ0) is 20.6. The van der Waals surface area contributed by atoms with Gasteiger partial charge in [-0.1, -0.05) is 30.7 Å². The van der Waals surface area contributed by atoms with Crippen LogP contribution in [0, 0.1) is 6.92 Å². The highest BCUT2D eigenvalue weighted by Gasteiger charge is 2.69. The lowest BCUT2D eigenvalue weighted by atomic mass is 9.46. The van der Waals surface area contributed by atoms with Crippen molar-refractivity contribution in [1.82, 2.24) is 15.1 Å². The first-order valence-electron chi connectivity index (χ1n) is 11.0. The number of benzene rings is 1. The van der Waals surface area contributed by atoms with Gasteiger partial charge in [0.15, 0.2) is 0 Å². The third-order valence-electron chi connectivity index (χ3n) is 8.35. The normalized spacial score (nSPS) is 38.8. The zero-order valence-electron chi connectivity index (χ0n) is 17.6. The summed E-state index contributed by atoms with van der Waals surface area (Å²) in [6.07, 6.45) is 3.17. The van der Waals surface area contributed by atoms with Crippen LogP contribution in [-0.4, -0.2) is 63.7 Å². The van der Waals surface area contributed by atoms with E-state index in [-0.39, 0.29) is 18.0 Å². The number of nitrogens with zero attached hydrogens (tertiary/aromatic N) is 2. The number of hydrogen-bond acceptors (Lipinski definition) is 4. The lowest BCUT2D eigenvalue weighted by Crippen LogP contribution is -2.76. The second kappa shape index (κ2) is 6.05. The van der Waals surface area contributed by atoms with Crippen molar-refractivity contribution in [3.63, 3.8) is 0 Å². The van der Waals surface area contributed by atoms with Crippen LogP contribution in [0.15, 0.2) is 18.2 Å². The van der Waals surface area contributed by atoms with Gasteiger partial charge in [0.05, 0.1) is 5.60 Å². The van der Waals surface area contributed by atoms with Crippen molar-refractivity contribution in [2.24, 2.45) is 0 Å². The molecule has 2 aliphatic carbocycles. The number of carbonyl (C=O) groups excluding carboxylic acids is 2. The summed E-state index contributed by atoms with van der Waals surface area (Å²) >= 11 is 0. The van der Waals surface area contributed by atoms with Crippen LogP contribution in [0.5, 0.6) is 0 Å². The molecule has 0 radical (unpaired) electrons. The van der Waals surface area contributed by atoms with Crippen LogP contribution in [0.2, 0.25) is 0 Å². The van der Waals surface area contributed by atoms with Crippen molar-refractivity contribution in [3.8, 4) is 0 Å². The number of piperidine rings is 1. The van der Waals surface area contributed by atoms with Gasteiger partial charge < -0.3 is 10.4 Å². The summed E-state index contributed by atoms with van der Waals surface area (Å²) < 4.78 is 0. The number of aliphatic hydroxyl groups is 1. The Hall–Kier alpha value is -1.92. The molecule has 2 aliphatic heterocycles. The number of likely N-dealkylation sites (N-methyl/N-ethyl adjacent to an activating group) is 2. The fraction of sp³-hybridized carbons (Fsp3) is 0.652. The van der Waals surface area contributed by atoms with Gasteiger partial charge in [0.1, 0.15) is 5.54 Å². The third-order valence-corrected chi connectivity index (χ3v) is 8.35. The maximum atomic E-state index is 13.3. The summed E-state index contributed by atoms with van der Waals surface area (Å²) in [6.45, 7) is 8.28. The Balaban J connectivity index is 1.68. The third kappa shape index (κ3) is 2.24. The van der Waals surface area contributed by atoms with Crippen LogP contribution < -0.4 is 5.32 Å². The first-order chi connectivity index (χ1) is 13.8. The van der Waals surface area contributed by atoms with Gasteiger partial charge in [-0.2, -0.15) is 0 Å². The van der Waals surface area contributed by atoms with Crippen LogP contribution in [0.4, 0.5) is 4.79 Å². The molecule has 0 aromatic heterocycles. The Morgan fingerprint density at radius 2 is 1.97 bits per heavy atom. The zero-order valence-corrected chi connectivity index (χ0v) is 17.6. The molecule has 4 aliphatic rings. The van der Waals surface area contributed by atoms with Gasteiger partial charge in [-0.05, 0) is 70.2 Å². The molecule has 6 heteroatoms. The van der Waals surface area contributed by atoms with Gasteiger partial charge in [0.2, 0.25) is 0 Å². The van der Waals surface area contributed by atoms with E-state index in [2.05, 4.69) is 42.3 Å². The van der Waals surface area contributed by atoms with E-state index in [4.69, 9.17) is 0 Å². The van der Waals surface area contributed by atoms with Crippen molar-refractivity contribution in [1.29, 1.82) is 0 Å². The van der Waals surface area contributed by atoms with Crippen molar-refractivity contribution in [3.05, 3.63) is 34.9 Å². The summed E-state index contributed by atoms with van der Waals surface area (Å²) in [4.78, 5) is 29.6. The van der Waals surface area contributed by atoms with Gasteiger partial charge >= 0.3 is 6.03 Å². The molecule has 1 spiro atoms. The molecule has 2 N–H and O–H groups in total. The number of urea groups is 1. The second-order valence-corrected chi connectivity index (χ2v) is 9.50. The lowest BCUT2D eigenvalue weighted by molar-refractivity contribution is -0.180. The van der Waals surface area contributed by atoms with Crippen LogP contribution in [0.25, 0.3) is 0 Å². The second-order valence-electron chi connectivity index (χ2n) is 9.50. The highest BCUT2D eigenvalue weighted by atomic mass is 16.3. The summed E-state index contributed by atoms with van der Waals surface area (Å²) in [7, 11) is 0. The molecule has 156 valence electrons. The van der Waals surface area contributed by atoms with Gasteiger partial charge in [-0.25, -0.2) is 4.79 Å². The van der Waals surface area contributed by atoms with E-state index in [1.54, 1.807) is 0 Å². The van der Waals surface area contributed by atoms with Crippen molar-refractivity contribution in [2.75, 3.05) is 19.6 Å². The minimum absolute atomic E-state index is 0.0586. The summed E-state index contributed by atoms with van der Waals surface area (Å²) in [5.74, 6) is -0.115.